The zero-order valence-electron chi connectivity index (χ0n) is 10.8. The lowest BCUT2D eigenvalue weighted by atomic mass is 10.2. The molecule has 0 aliphatic rings. The van der Waals surface area contributed by atoms with E-state index in [4.69, 9.17) is 16.3 Å². The van der Waals surface area contributed by atoms with Crippen LogP contribution in [0, 0.1) is 0 Å². The van der Waals surface area contributed by atoms with Gasteiger partial charge in [-0.25, -0.2) is 0 Å². The number of rotatable bonds is 5. The van der Waals surface area contributed by atoms with Crippen LogP contribution in [0.1, 0.15) is 6.92 Å². The molecule has 2 N–H and O–H groups in total. The minimum atomic E-state index is -4.43. The summed E-state index contributed by atoms with van der Waals surface area (Å²) < 4.78 is 40.9. The smallest absolute Gasteiger partial charge is 0.405 e. The van der Waals surface area contributed by atoms with Crippen LogP contribution < -0.4 is 15.4 Å². The third-order valence-electron chi connectivity index (χ3n) is 2.39. The van der Waals surface area contributed by atoms with Crippen molar-refractivity contribution in [3.63, 3.8) is 0 Å². The van der Waals surface area contributed by atoms with E-state index in [1.807, 2.05) is 0 Å². The molecule has 1 rings (SSSR count). The zero-order valence-corrected chi connectivity index (χ0v) is 11.6. The number of anilines is 1. The van der Waals surface area contributed by atoms with Gasteiger partial charge >= 0.3 is 6.18 Å². The van der Waals surface area contributed by atoms with E-state index in [2.05, 4.69) is 5.32 Å². The Morgan fingerprint density at radius 3 is 2.65 bits per heavy atom. The van der Waals surface area contributed by atoms with Gasteiger partial charge in [0.05, 0.1) is 12.1 Å². The third kappa shape index (κ3) is 5.16. The van der Waals surface area contributed by atoms with E-state index < -0.39 is 24.7 Å². The first-order chi connectivity index (χ1) is 9.23. The van der Waals surface area contributed by atoms with E-state index >= 15 is 0 Å². The number of carbonyl (C=O) groups excluding carboxylic acids is 1. The molecule has 0 bridgehead atoms. The van der Waals surface area contributed by atoms with Gasteiger partial charge in [-0.05, 0) is 19.1 Å². The van der Waals surface area contributed by atoms with E-state index in [-0.39, 0.29) is 0 Å². The van der Waals surface area contributed by atoms with Gasteiger partial charge in [-0.3, -0.25) is 4.79 Å². The molecule has 112 valence electrons. The molecule has 1 amide bonds. The predicted octanol–water partition coefficient (Wildman–Crippen LogP) is 2.83. The predicted molar refractivity (Wildman–Crippen MR) is 70.2 cm³/mol. The van der Waals surface area contributed by atoms with Crippen molar-refractivity contribution in [2.45, 2.75) is 19.1 Å². The Morgan fingerprint density at radius 1 is 1.45 bits per heavy atom. The fourth-order valence-electron chi connectivity index (χ4n) is 1.41. The first-order valence-corrected chi connectivity index (χ1v) is 6.05. The van der Waals surface area contributed by atoms with E-state index in [9.17, 15) is 18.0 Å². The van der Waals surface area contributed by atoms with Crippen LogP contribution in [0.4, 0.5) is 18.9 Å². The van der Waals surface area contributed by atoms with Crippen LogP contribution in [-0.4, -0.2) is 31.8 Å². The van der Waals surface area contributed by atoms with Crippen molar-refractivity contribution in [1.29, 1.82) is 0 Å². The van der Waals surface area contributed by atoms with Crippen LogP contribution in [-0.2, 0) is 4.79 Å². The third-order valence-corrected chi connectivity index (χ3v) is 2.70. The highest BCUT2D eigenvalue weighted by atomic mass is 35.5. The summed E-state index contributed by atoms with van der Waals surface area (Å²) in [4.78, 5) is 11.5. The van der Waals surface area contributed by atoms with E-state index in [1.165, 1.54) is 14.0 Å². The van der Waals surface area contributed by atoms with Crippen molar-refractivity contribution in [3.05, 3.63) is 23.2 Å². The number of amides is 1. The van der Waals surface area contributed by atoms with Crippen molar-refractivity contribution in [3.8, 4) is 5.75 Å². The number of ether oxygens (including phenoxy) is 1. The summed E-state index contributed by atoms with van der Waals surface area (Å²) in [5.74, 6) is -0.351. The standard InChI is InChI=1S/C12H14ClF3N2O2/c1-7(11(19)17-6-12(14,15)16)18-8-3-4-9(13)10(5-8)20-2/h3-5,7,18H,6H2,1-2H3,(H,17,19). The van der Waals surface area contributed by atoms with E-state index in [0.29, 0.717) is 16.5 Å². The summed E-state index contributed by atoms with van der Waals surface area (Å²) in [5, 5.41) is 4.96. The average molecular weight is 311 g/mol. The lowest BCUT2D eigenvalue weighted by molar-refractivity contribution is -0.138. The van der Waals surface area contributed by atoms with Crippen molar-refractivity contribution in [2.24, 2.45) is 0 Å². The molecule has 0 heterocycles. The number of methoxy groups -OCH3 is 1. The van der Waals surface area contributed by atoms with Crippen LogP contribution in [0.15, 0.2) is 18.2 Å². The molecule has 1 aromatic rings. The van der Waals surface area contributed by atoms with Gasteiger partial charge in [-0.2, -0.15) is 13.2 Å². The normalized spacial score (nSPS) is 12.7. The van der Waals surface area contributed by atoms with Gasteiger partial charge in [-0.15, -0.1) is 0 Å². The topological polar surface area (TPSA) is 50.4 Å². The van der Waals surface area contributed by atoms with Crippen molar-refractivity contribution < 1.29 is 22.7 Å². The van der Waals surface area contributed by atoms with Crippen molar-refractivity contribution in [2.75, 3.05) is 19.0 Å². The number of carbonyl (C=O) groups is 1. The minimum Gasteiger partial charge on any atom is -0.495 e. The monoisotopic (exact) mass is 310 g/mol. The molecule has 0 aliphatic carbocycles. The average Bonchev–Trinajstić information content (AvgIpc) is 2.37. The second kappa shape index (κ2) is 6.69. The molecule has 0 radical (unpaired) electrons. The van der Waals surface area contributed by atoms with Crippen LogP contribution >= 0.6 is 11.6 Å². The molecule has 1 aromatic carbocycles. The molecule has 20 heavy (non-hydrogen) atoms. The van der Waals surface area contributed by atoms with Crippen LogP contribution in [0.3, 0.4) is 0 Å². The molecule has 1 atom stereocenters. The Hall–Kier alpha value is -1.63. The Balaban J connectivity index is 2.61. The summed E-state index contributed by atoms with van der Waals surface area (Å²) in [6.45, 7) is 0.0918. The second-order valence-corrected chi connectivity index (χ2v) is 4.46. The van der Waals surface area contributed by atoms with Gasteiger partial charge in [0.2, 0.25) is 5.91 Å². The number of benzene rings is 1. The lowest BCUT2D eigenvalue weighted by Crippen LogP contribution is -2.42. The Kier molecular flexibility index (Phi) is 5.50. The quantitative estimate of drug-likeness (QED) is 0.879. The van der Waals surface area contributed by atoms with Crippen molar-refractivity contribution in [1.82, 2.24) is 5.32 Å². The van der Waals surface area contributed by atoms with Crippen LogP contribution in [0.25, 0.3) is 0 Å². The van der Waals surface area contributed by atoms with Gasteiger partial charge in [0, 0.05) is 11.8 Å². The highest BCUT2D eigenvalue weighted by Crippen LogP contribution is 2.27. The minimum absolute atomic E-state index is 0.396. The molecule has 0 fully saturated rings. The van der Waals surface area contributed by atoms with E-state index in [0.717, 1.165) is 0 Å². The summed E-state index contributed by atoms with van der Waals surface area (Å²) in [5.41, 5.74) is 0.515. The molecular formula is C12H14ClF3N2O2. The molecule has 0 spiro atoms. The van der Waals surface area contributed by atoms with Crippen LogP contribution in [0.5, 0.6) is 5.75 Å². The highest BCUT2D eigenvalue weighted by molar-refractivity contribution is 6.32. The molecule has 1 unspecified atom stereocenters. The maximum absolute atomic E-state index is 12.0. The largest absolute Gasteiger partial charge is 0.495 e. The lowest BCUT2D eigenvalue weighted by Gasteiger charge is -2.16. The molecule has 0 saturated heterocycles. The number of halogens is 4. The van der Waals surface area contributed by atoms with Crippen LogP contribution in [0.2, 0.25) is 5.02 Å². The zero-order chi connectivity index (χ0) is 15.3. The maximum atomic E-state index is 12.0. The van der Waals surface area contributed by atoms with Gasteiger partial charge in [0.25, 0.3) is 0 Å². The first-order valence-electron chi connectivity index (χ1n) is 5.67. The van der Waals surface area contributed by atoms with E-state index in [1.54, 1.807) is 23.5 Å². The Bertz CT molecular complexity index is 480. The summed E-state index contributed by atoms with van der Waals surface area (Å²) in [6, 6.07) is 3.88. The Labute approximate surface area is 119 Å². The Morgan fingerprint density at radius 2 is 2.10 bits per heavy atom. The van der Waals surface area contributed by atoms with Gasteiger partial charge in [0.15, 0.2) is 0 Å². The fourth-order valence-corrected chi connectivity index (χ4v) is 1.60. The highest BCUT2D eigenvalue weighted by Gasteiger charge is 2.28. The van der Waals surface area contributed by atoms with Gasteiger partial charge in [0.1, 0.15) is 18.3 Å². The van der Waals surface area contributed by atoms with Crippen molar-refractivity contribution >= 4 is 23.2 Å². The number of hydrogen-bond acceptors (Lipinski definition) is 3. The molecule has 0 aromatic heterocycles. The SMILES string of the molecule is COc1cc(NC(C)C(=O)NCC(F)(F)F)ccc1Cl. The molecular weight excluding hydrogens is 297 g/mol. The first kappa shape index (κ1) is 16.4. The summed E-state index contributed by atoms with van der Waals surface area (Å²) >= 11 is 5.84. The number of hydrogen-bond donors (Lipinski definition) is 2. The summed E-state index contributed by atoms with van der Waals surface area (Å²) in [7, 11) is 1.43. The van der Waals surface area contributed by atoms with Gasteiger partial charge < -0.3 is 15.4 Å². The molecule has 0 aliphatic heterocycles. The molecule has 8 heteroatoms. The number of nitrogens with one attached hydrogen (secondary N) is 2. The second-order valence-electron chi connectivity index (χ2n) is 4.05. The molecule has 4 nitrogen and oxygen atoms in total. The maximum Gasteiger partial charge on any atom is 0.405 e. The number of alkyl halides is 3. The molecule has 0 saturated carbocycles. The fraction of sp³-hybridized carbons (Fsp3) is 0.417. The summed E-state index contributed by atoms with van der Waals surface area (Å²) in [6.07, 6.45) is -4.43. The van der Waals surface area contributed by atoms with Gasteiger partial charge in [-0.1, -0.05) is 11.6 Å².